The molecule has 39 heavy (non-hydrogen) atoms. The highest BCUT2D eigenvalue weighted by Crippen LogP contribution is 2.26. The monoisotopic (exact) mass is 552 g/mol. The number of rotatable bonds is 27. The molecule has 0 aromatic heterocycles. The maximum atomic E-state index is 12.6. The average molecular weight is 553 g/mol. The maximum absolute atomic E-state index is 12.6. The zero-order valence-corrected chi connectivity index (χ0v) is 26.4. The van der Waals surface area contributed by atoms with E-state index in [-0.39, 0.29) is 17.2 Å². The number of carboxylic acids is 1. The predicted octanol–water partition coefficient (Wildman–Crippen LogP) is 8.57. The Morgan fingerprint density at radius 1 is 0.538 bits per heavy atom. The highest BCUT2D eigenvalue weighted by molar-refractivity contribution is 5.81. The van der Waals surface area contributed by atoms with Gasteiger partial charge in [0.1, 0.15) is 0 Å². The van der Waals surface area contributed by atoms with Gasteiger partial charge < -0.3 is 15.7 Å². The second-order valence-corrected chi connectivity index (χ2v) is 12.9. The van der Waals surface area contributed by atoms with Crippen LogP contribution in [0.2, 0.25) is 0 Å². The third-order valence-corrected chi connectivity index (χ3v) is 8.02. The van der Waals surface area contributed by atoms with Gasteiger partial charge in [0.15, 0.2) is 0 Å². The molecular formula is C33H64N2O4. The normalized spacial score (nSPS) is 11.9. The van der Waals surface area contributed by atoms with Crippen LogP contribution in [0.5, 0.6) is 0 Å². The minimum Gasteiger partial charge on any atom is -0.481 e. The number of carbonyl (C=O) groups is 3. The quantitative estimate of drug-likeness (QED) is 0.0889. The van der Waals surface area contributed by atoms with Crippen LogP contribution in [0.1, 0.15) is 169 Å². The molecule has 0 heterocycles. The van der Waals surface area contributed by atoms with Crippen LogP contribution in [0.25, 0.3) is 0 Å². The Balaban J connectivity index is 3.58. The molecule has 6 nitrogen and oxygen atoms in total. The molecular weight excluding hydrogens is 488 g/mol. The number of carboxylic acid groups (broad SMARTS) is 1. The molecule has 0 aromatic carbocycles. The van der Waals surface area contributed by atoms with Gasteiger partial charge in [0, 0.05) is 24.9 Å². The van der Waals surface area contributed by atoms with Crippen molar-refractivity contribution < 1.29 is 19.5 Å². The molecule has 6 heteroatoms. The summed E-state index contributed by atoms with van der Waals surface area (Å²) in [7, 11) is 0. The maximum Gasteiger partial charge on any atom is 0.309 e. The molecule has 230 valence electrons. The van der Waals surface area contributed by atoms with Gasteiger partial charge in [-0.1, -0.05) is 117 Å². The standard InChI is InChI=1S/C33H64N2O4/c1-6-7-27-34-29(36)24-20-16-12-8-11-15-19-23-28-35-30(37)32(2,3)25-21-17-13-9-10-14-18-22-26-33(4,5)31(38)39/h6-28H2,1-5H3,(H,34,36)(H,35,37)(H,38,39). The summed E-state index contributed by atoms with van der Waals surface area (Å²) >= 11 is 0. The summed E-state index contributed by atoms with van der Waals surface area (Å²) in [5, 5.41) is 15.3. The molecule has 0 saturated heterocycles. The van der Waals surface area contributed by atoms with Crippen molar-refractivity contribution in [2.75, 3.05) is 13.1 Å². The van der Waals surface area contributed by atoms with Crippen molar-refractivity contribution >= 4 is 17.8 Å². The van der Waals surface area contributed by atoms with Crippen molar-refractivity contribution in [1.82, 2.24) is 10.6 Å². The number of nitrogens with one attached hydrogen (secondary N) is 2. The van der Waals surface area contributed by atoms with Crippen LogP contribution < -0.4 is 10.6 Å². The van der Waals surface area contributed by atoms with Crippen molar-refractivity contribution in [2.45, 2.75) is 169 Å². The van der Waals surface area contributed by atoms with Crippen molar-refractivity contribution in [2.24, 2.45) is 10.8 Å². The Labute approximate surface area is 241 Å². The first-order valence-corrected chi connectivity index (χ1v) is 16.3. The molecule has 0 aromatic rings. The second kappa shape index (κ2) is 23.1. The van der Waals surface area contributed by atoms with E-state index in [2.05, 4.69) is 31.4 Å². The van der Waals surface area contributed by atoms with Gasteiger partial charge in [-0.05, 0) is 46.0 Å². The van der Waals surface area contributed by atoms with E-state index in [0.29, 0.717) is 6.42 Å². The van der Waals surface area contributed by atoms with Crippen LogP contribution in [0, 0.1) is 10.8 Å². The van der Waals surface area contributed by atoms with Crippen molar-refractivity contribution in [3.63, 3.8) is 0 Å². The van der Waals surface area contributed by atoms with E-state index in [1.807, 2.05) is 13.8 Å². The molecule has 0 aliphatic carbocycles. The van der Waals surface area contributed by atoms with Gasteiger partial charge in [-0.15, -0.1) is 0 Å². The summed E-state index contributed by atoms with van der Waals surface area (Å²) < 4.78 is 0. The largest absolute Gasteiger partial charge is 0.481 e. The zero-order chi connectivity index (χ0) is 29.4. The molecule has 0 aliphatic rings. The SMILES string of the molecule is CCCCNC(=O)CCCCCCCCCCNC(=O)C(C)(C)CCCCCCCCCCC(C)(C)C(=O)O. The molecule has 0 saturated carbocycles. The van der Waals surface area contributed by atoms with E-state index >= 15 is 0 Å². The third-order valence-electron chi connectivity index (χ3n) is 8.02. The summed E-state index contributed by atoms with van der Waals surface area (Å²) in [6.45, 7) is 11.5. The second-order valence-electron chi connectivity index (χ2n) is 12.9. The van der Waals surface area contributed by atoms with E-state index in [4.69, 9.17) is 5.11 Å². The zero-order valence-electron chi connectivity index (χ0n) is 26.4. The van der Waals surface area contributed by atoms with Gasteiger partial charge in [-0.2, -0.15) is 0 Å². The molecule has 0 spiro atoms. The number of hydrogen-bond donors (Lipinski definition) is 3. The Morgan fingerprint density at radius 3 is 1.44 bits per heavy atom. The van der Waals surface area contributed by atoms with Crippen LogP contribution in [0.15, 0.2) is 0 Å². The number of amides is 2. The fraction of sp³-hybridized carbons (Fsp3) is 0.909. The lowest BCUT2D eigenvalue weighted by atomic mass is 9.85. The smallest absolute Gasteiger partial charge is 0.309 e. The number of hydrogen-bond acceptors (Lipinski definition) is 3. The topological polar surface area (TPSA) is 95.5 Å². The van der Waals surface area contributed by atoms with Gasteiger partial charge in [0.2, 0.25) is 11.8 Å². The van der Waals surface area contributed by atoms with E-state index < -0.39 is 11.4 Å². The van der Waals surface area contributed by atoms with Crippen LogP contribution in [-0.2, 0) is 14.4 Å². The van der Waals surface area contributed by atoms with Gasteiger partial charge in [0.05, 0.1) is 5.41 Å². The molecule has 0 fully saturated rings. The molecule has 3 N–H and O–H groups in total. The van der Waals surface area contributed by atoms with Crippen molar-refractivity contribution in [1.29, 1.82) is 0 Å². The summed E-state index contributed by atoms with van der Waals surface area (Å²) in [6, 6.07) is 0. The fourth-order valence-electron chi connectivity index (χ4n) is 4.82. The predicted molar refractivity (Wildman–Crippen MR) is 164 cm³/mol. The molecule has 0 aliphatic heterocycles. The summed E-state index contributed by atoms with van der Waals surface area (Å²) in [5.41, 5.74) is -0.904. The van der Waals surface area contributed by atoms with E-state index in [0.717, 1.165) is 83.7 Å². The van der Waals surface area contributed by atoms with Crippen molar-refractivity contribution in [3.05, 3.63) is 0 Å². The van der Waals surface area contributed by atoms with Gasteiger partial charge in [0.25, 0.3) is 0 Å². The Bertz CT molecular complexity index is 646. The Morgan fingerprint density at radius 2 is 0.949 bits per heavy atom. The first-order valence-electron chi connectivity index (χ1n) is 16.3. The van der Waals surface area contributed by atoms with Gasteiger partial charge in [-0.25, -0.2) is 0 Å². The van der Waals surface area contributed by atoms with Crippen LogP contribution in [-0.4, -0.2) is 36.0 Å². The number of unbranched alkanes of at least 4 members (excludes halogenated alkanes) is 15. The lowest BCUT2D eigenvalue weighted by Crippen LogP contribution is -2.37. The highest BCUT2D eigenvalue weighted by Gasteiger charge is 2.27. The molecule has 0 rings (SSSR count). The lowest BCUT2D eigenvalue weighted by molar-refractivity contribution is -0.147. The molecule has 2 amide bonds. The lowest BCUT2D eigenvalue weighted by Gasteiger charge is -2.23. The molecule has 0 atom stereocenters. The number of aliphatic carboxylic acids is 1. The summed E-state index contributed by atoms with van der Waals surface area (Å²) in [4.78, 5) is 35.4. The summed E-state index contributed by atoms with van der Waals surface area (Å²) in [5.74, 6) is -0.312. The fourth-order valence-corrected chi connectivity index (χ4v) is 4.82. The van der Waals surface area contributed by atoms with Crippen molar-refractivity contribution in [3.8, 4) is 0 Å². The van der Waals surface area contributed by atoms with Crippen LogP contribution in [0.4, 0.5) is 0 Å². The Kier molecular flexibility index (Phi) is 22.2. The number of carbonyl (C=O) groups excluding carboxylic acids is 2. The third kappa shape index (κ3) is 21.9. The van der Waals surface area contributed by atoms with E-state index in [1.165, 1.54) is 57.8 Å². The van der Waals surface area contributed by atoms with Crippen LogP contribution in [0.3, 0.4) is 0 Å². The first-order chi connectivity index (χ1) is 18.5. The Hall–Kier alpha value is -1.59. The first kappa shape index (κ1) is 37.4. The van der Waals surface area contributed by atoms with Gasteiger partial charge >= 0.3 is 5.97 Å². The summed E-state index contributed by atoms with van der Waals surface area (Å²) in [6.07, 6.45) is 23.0. The minimum atomic E-state index is -0.700. The van der Waals surface area contributed by atoms with Gasteiger partial charge in [-0.3, -0.25) is 14.4 Å². The molecule has 0 bridgehead atoms. The molecule has 0 radical (unpaired) electrons. The molecule has 0 unspecified atom stereocenters. The average Bonchev–Trinajstić information content (AvgIpc) is 2.88. The van der Waals surface area contributed by atoms with E-state index in [1.54, 1.807) is 0 Å². The minimum absolute atomic E-state index is 0.186. The van der Waals surface area contributed by atoms with E-state index in [9.17, 15) is 14.4 Å². The van der Waals surface area contributed by atoms with Crippen LogP contribution >= 0.6 is 0 Å². The highest BCUT2D eigenvalue weighted by atomic mass is 16.4.